The molecule has 2 heterocycles. The van der Waals surface area contributed by atoms with E-state index in [-0.39, 0.29) is 12.3 Å². The number of carbonyl (C=O) groups excluding carboxylic acids is 1. The van der Waals surface area contributed by atoms with Gasteiger partial charge in [0.05, 0.1) is 6.42 Å². The fraction of sp³-hybridized carbons (Fsp3) is 0.474. The van der Waals surface area contributed by atoms with Crippen LogP contribution >= 0.6 is 11.3 Å². The van der Waals surface area contributed by atoms with Crippen molar-refractivity contribution < 1.29 is 9.32 Å². The lowest BCUT2D eigenvalue weighted by atomic mass is 9.90. The van der Waals surface area contributed by atoms with Crippen LogP contribution in [0.1, 0.15) is 59.9 Å². The van der Waals surface area contributed by atoms with Crippen LogP contribution in [0.2, 0.25) is 0 Å². The maximum Gasteiger partial charge on any atom is 0.232 e. The first-order valence-corrected chi connectivity index (χ1v) is 9.90. The molecule has 136 valence electrons. The number of hydrogen-bond acceptors (Lipinski definition) is 6. The van der Waals surface area contributed by atoms with Crippen LogP contribution in [-0.4, -0.2) is 21.3 Å². The third-order valence-corrected chi connectivity index (χ3v) is 5.95. The second-order valence-corrected chi connectivity index (χ2v) is 8.10. The van der Waals surface area contributed by atoms with E-state index in [0.29, 0.717) is 16.7 Å². The molecule has 0 unspecified atom stereocenters. The van der Waals surface area contributed by atoms with Gasteiger partial charge in [0.25, 0.3) is 0 Å². The van der Waals surface area contributed by atoms with Crippen molar-refractivity contribution in [3.05, 3.63) is 34.0 Å². The zero-order chi connectivity index (χ0) is 18.1. The lowest BCUT2D eigenvalue weighted by Crippen LogP contribution is -2.14. The fourth-order valence-corrected chi connectivity index (χ4v) is 4.61. The summed E-state index contributed by atoms with van der Waals surface area (Å²) in [7, 11) is 0. The summed E-state index contributed by atoms with van der Waals surface area (Å²) in [6, 6.07) is 4.05. The van der Waals surface area contributed by atoms with Crippen molar-refractivity contribution in [3.8, 4) is 0 Å². The van der Waals surface area contributed by atoms with Gasteiger partial charge in [0.2, 0.25) is 11.0 Å². The van der Waals surface area contributed by atoms with E-state index >= 15 is 0 Å². The Morgan fingerprint density at radius 3 is 2.85 bits per heavy atom. The van der Waals surface area contributed by atoms with Crippen LogP contribution in [0.25, 0.3) is 11.0 Å². The van der Waals surface area contributed by atoms with E-state index in [1.54, 1.807) is 0 Å². The number of aryl methyl sites for hydroxylation is 2. The van der Waals surface area contributed by atoms with Crippen molar-refractivity contribution in [2.24, 2.45) is 0 Å². The van der Waals surface area contributed by atoms with Gasteiger partial charge in [-0.2, -0.15) is 0 Å². The summed E-state index contributed by atoms with van der Waals surface area (Å²) in [5.74, 6) is 0.350. The smallest absolute Gasteiger partial charge is 0.232 e. The van der Waals surface area contributed by atoms with Crippen molar-refractivity contribution in [2.75, 3.05) is 5.32 Å². The van der Waals surface area contributed by atoms with Gasteiger partial charge in [0.1, 0.15) is 10.7 Å². The number of nitrogens with zero attached hydrogens (tertiary/aromatic N) is 3. The van der Waals surface area contributed by atoms with E-state index in [2.05, 4.69) is 20.7 Å². The molecule has 26 heavy (non-hydrogen) atoms. The van der Waals surface area contributed by atoms with E-state index in [0.717, 1.165) is 27.1 Å². The largest absolute Gasteiger partial charge is 0.356 e. The minimum absolute atomic E-state index is 0.147. The summed E-state index contributed by atoms with van der Waals surface area (Å²) in [6.07, 6.45) is 6.32. The predicted molar refractivity (Wildman–Crippen MR) is 102 cm³/mol. The molecule has 1 aromatic carbocycles. The van der Waals surface area contributed by atoms with Gasteiger partial charge in [0, 0.05) is 11.3 Å². The monoisotopic (exact) mass is 370 g/mol. The summed E-state index contributed by atoms with van der Waals surface area (Å²) in [5, 5.41) is 17.9. The number of aromatic nitrogens is 3. The van der Waals surface area contributed by atoms with Crippen molar-refractivity contribution >= 4 is 33.3 Å². The van der Waals surface area contributed by atoms with Gasteiger partial charge in [-0.25, -0.2) is 0 Å². The van der Waals surface area contributed by atoms with Crippen molar-refractivity contribution in [3.63, 3.8) is 0 Å². The van der Waals surface area contributed by atoms with Gasteiger partial charge >= 0.3 is 0 Å². The van der Waals surface area contributed by atoms with Crippen LogP contribution in [0, 0.1) is 13.8 Å². The highest BCUT2D eigenvalue weighted by Gasteiger charge is 2.21. The van der Waals surface area contributed by atoms with E-state index < -0.39 is 0 Å². The number of anilines is 1. The topological polar surface area (TPSA) is 80.9 Å². The number of rotatable bonds is 4. The SMILES string of the molecule is Cc1cc(C)c2onc(CC(=O)Nc3nnc(C4CCCCC4)s3)c2c1. The van der Waals surface area contributed by atoms with Gasteiger partial charge in [-0.05, 0) is 43.9 Å². The maximum absolute atomic E-state index is 12.4. The molecule has 1 amide bonds. The lowest BCUT2D eigenvalue weighted by Gasteiger charge is -2.18. The highest BCUT2D eigenvalue weighted by Crippen LogP contribution is 2.35. The average Bonchev–Trinajstić information content (AvgIpc) is 3.23. The third kappa shape index (κ3) is 3.49. The van der Waals surface area contributed by atoms with Crippen LogP contribution in [0.15, 0.2) is 16.7 Å². The minimum atomic E-state index is -0.147. The van der Waals surface area contributed by atoms with E-state index in [1.807, 2.05) is 26.0 Å². The summed E-state index contributed by atoms with van der Waals surface area (Å²) in [4.78, 5) is 12.4. The molecular weight excluding hydrogens is 348 g/mol. The first kappa shape index (κ1) is 17.1. The van der Waals surface area contributed by atoms with Crippen LogP contribution in [-0.2, 0) is 11.2 Å². The summed E-state index contributed by atoms with van der Waals surface area (Å²) in [5.41, 5.74) is 3.55. The molecule has 1 fully saturated rings. The first-order valence-electron chi connectivity index (χ1n) is 9.09. The molecule has 3 aromatic rings. The summed E-state index contributed by atoms with van der Waals surface area (Å²) < 4.78 is 5.41. The highest BCUT2D eigenvalue weighted by atomic mass is 32.1. The van der Waals surface area contributed by atoms with Crippen LogP contribution in [0.5, 0.6) is 0 Å². The van der Waals surface area contributed by atoms with E-state index in [1.165, 1.54) is 43.4 Å². The standard InChI is InChI=1S/C19H22N4O2S/c1-11-8-12(2)17-14(9-11)15(23-25-17)10-16(24)20-19-22-21-18(26-19)13-6-4-3-5-7-13/h8-9,13H,3-7,10H2,1-2H3,(H,20,22,24). The third-order valence-electron chi connectivity index (χ3n) is 4.95. The molecule has 1 N–H and O–H groups in total. The predicted octanol–water partition coefficient (Wildman–Crippen LogP) is 4.53. The molecule has 1 aliphatic carbocycles. The van der Waals surface area contributed by atoms with Crippen LogP contribution in [0.3, 0.4) is 0 Å². The lowest BCUT2D eigenvalue weighted by molar-refractivity contribution is -0.115. The highest BCUT2D eigenvalue weighted by molar-refractivity contribution is 7.15. The van der Waals surface area contributed by atoms with Crippen molar-refractivity contribution in [1.82, 2.24) is 15.4 Å². The zero-order valence-corrected chi connectivity index (χ0v) is 15.9. The number of benzene rings is 1. The Morgan fingerprint density at radius 2 is 2.04 bits per heavy atom. The van der Waals surface area contributed by atoms with E-state index in [9.17, 15) is 4.79 Å². The molecule has 4 rings (SSSR count). The van der Waals surface area contributed by atoms with Gasteiger partial charge in [-0.15, -0.1) is 10.2 Å². The normalized spacial score (nSPS) is 15.5. The number of carbonyl (C=O) groups is 1. The Balaban J connectivity index is 1.45. The molecule has 0 spiro atoms. The molecule has 6 nitrogen and oxygen atoms in total. The second-order valence-electron chi connectivity index (χ2n) is 7.09. The molecule has 0 atom stereocenters. The van der Waals surface area contributed by atoms with E-state index in [4.69, 9.17) is 4.52 Å². The first-order chi connectivity index (χ1) is 12.6. The number of nitrogens with one attached hydrogen (secondary N) is 1. The molecular formula is C19H22N4O2S. The second kappa shape index (κ2) is 7.15. The summed E-state index contributed by atoms with van der Waals surface area (Å²) in [6.45, 7) is 4.01. The summed E-state index contributed by atoms with van der Waals surface area (Å²) >= 11 is 1.49. The fourth-order valence-electron chi connectivity index (χ4n) is 3.68. The molecule has 0 bridgehead atoms. The maximum atomic E-state index is 12.4. The minimum Gasteiger partial charge on any atom is -0.356 e. The van der Waals surface area contributed by atoms with Gasteiger partial charge in [0.15, 0.2) is 5.58 Å². The Labute approximate surface area is 156 Å². The average molecular weight is 370 g/mol. The quantitative estimate of drug-likeness (QED) is 0.730. The molecule has 7 heteroatoms. The van der Waals surface area contributed by atoms with Gasteiger partial charge in [-0.3, -0.25) is 4.79 Å². The van der Waals surface area contributed by atoms with Gasteiger partial charge in [-0.1, -0.05) is 41.8 Å². The number of fused-ring (bicyclic) bond motifs is 1. The molecule has 1 saturated carbocycles. The Hall–Kier alpha value is -2.28. The van der Waals surface area contributed by atoms with Crippen molar-refractivity contribution in [1.29, 1.82) is 0 Å². The molecule has 0 aliphatic heterocycles. The molecule has 1 aliphatic rings. The Kier molecular flexibility index (Phi) is 4.72. The molecule has 2 aromatic heterocycles. The molecule has 0 radical (unpaired) electrons. The van der Waals surface area contributed by atoms with Crippen molar-refractivity contribution in [2.45, 2.75) is 58.3 Å². The zero-order valence-electron chi connectivity index (χ0n) is 15.0. The Morgan fingerprint density at radius 1 is 1.23 bits per heavy atom. The molecule has 0 saturated heterocycles. The van der Waals surface area contributed by atoms with Gasteiger partial charge < -0.3 is 9.84 Å². The number of hydrogen-bond donors (Lipinski definition) is 1. The Bertz CT molecular complexity index is 940. The van der Waals surface area contributed by atoms with Crippen LogP contribution in [0.4, 0.5) is 5.13 Å². The number of amides is 1. The van der Waals surface area contributed by atoms with Crippen LogP contribution < -0.4 is 5.32 Å².